The Bertz CT molecular complexity index is 421. The van der Waals surface area contributed by atoms with E-state index in [1.165, 1.54) is 0 Å². The van der Waals surface area contributed by atoms with Gasteiger partial charge in [0.1, 0.15) is 0 Å². The molecule has 0 aliphatic carbocycles. The minimum absolute atomic E-state index is 0.0595. The molecule has 0 bridgehead atoms. The fraction of sp³-hybridized carbons (Fsp3) is 0.562. The Hall–Kier alpha value is -1.39. The monoisotopic (exact) mass is 275 g/mol. The van der Waals surface area contributed by atoms with Gasteiger partial charge in [0.15, 0.2) is 0 Å². The molecule has 1 saturated heterocycles. The predicted molar refractivity (Wildman–Crippen MR) is 81.3 cm³/mol. The molecule has 0 spiro atoms. The zero-order valence-electron chi connectivity index (χ0n) is 12.2. The van der Waals surface area contributed by atoms with E-state index < -0.39 is 0 Å². The topological polar surface area (TPSA) is 58.4 Å². The van der Waals surface area contributed by atoms with Crippen molar-refractivity contribution >= 4 is 5.91 Å². The maximum absolute atomic E-state index is 12.1. The van der Waals surface area contributed by atoms with Gasteiger partial charge in [-0.1, -0.05) is 37.3 Å². The molecule has 1 aliphatic heterocycles. The number of nitrogens with one attached hydrogen (secondary N) is 1. The third kappa shape index (κ3) is 4.32. The van der Waals surface area contributed by atoms with Crippen LogP contribution in [-0.2, 0) is 4.79 Å². The van der Waals surface area contributed by atoms with Gasteiger partial charge in [-0.05, 0) is 31.5 Å². The highest BCUT2D eigenvalue weighted by Gasteiger charge is 2.21. The number of likely N-dealkylation sites (N-methyl/N-ethyl adjacent to an activating group) is 1. The van der Waals surface area contributed by atoms with Crippen molar-refractivity contribution in [2.24, 2.45) is 5.73 Å². The zero-order chi connectivity index (χ0) is 14.4. The van der Waals surface area contributed by atoms with Crippen LogP contribution in [0.25, 0.3) is 0 Å². The molecule has 1 amide bonds. The lowest BCUT2D eigenvalue weighted by Gasteiger charge is -2.32. The highest BCUT2D eigenvalue weighted by Crippen LogP contribution is 2.14. The van der Waals surface area contributed by atoms with E-state index in [-0.39, 0.29) is 18.0 Å². The van der Waals surface area contributed by atoms with Crippen LogP contribution >= 0.6 is 0 Å². The maximum atomic E-state index is 12.1. The van der Waals surface area contributed by atoms with Crippen LogP contribution in [0.1, 0.15) is 37.8 Å². The first-order valence-corrected chi connectivity index (χ1v) is 7.51. The molecule has 4 nitrogen and oxygen atoms in total. The van der Waals surface area contributed by atoms with E-state index in [0.717, 1.165) is 38.0 Å². The molecule has 0 aromatic heterocycles. The van der Waals surface area contributed by atoms with Crippen LogP contribution in [-0.4, -0.2) is 36.5 Å². The zero-order valence-corrected chi connectivity index (χ0v) is 12.2. The van der Waals surface area contributed by atoms with Gasteiger partial charge in [0.2, 0.25) is 5.91 Å². The molecule has 1 aliphatic rings. The van der Waals surface area contributed by atoms with Crippen molar-refractivity contribution < 1.29 is 4.79 Å². The number of hydrogen-bond acceptors (Lipinski definition) is 3. The number of hydrogen-bond donors (Lipinski definition) is 2. The molecule has 1 fully saturated rings. The molecule has 2 atom stereocenters. The quantitative estimate of drug-likeness (QED) is 0.859. The highest BCUT2D eigenvalue weighted by atomic mass is 16.1. The number of nitrogens with two attached hydrogens (primary N) is 1. The highest BCUT2D eigenvalue weighted by molar-refractivity contribution is 5.77. The van der Waals surface area contributed by atoms with Crippen LogP contribution in [0.2, 0.25) is 0 Å². The number of rotatable bonds is 5. The first-order valence-electron chi connectivity index (χ1n) is 7.51. The standard InChI is InChI=1S/C16H25N3O/c1-2-19-10-6-9-14(12-19)18-16(20)11-15(17)13-7-4-3-5-8-13/h3-5,7-8,14-15H,2,6,9-12,17H2,1H3,(H,18,20). The number of likely N-dealkylation sites (tertiary alicyclic amines) is 1. The molecule has 110 valence electrons. The van der Waals surface area contributed by atoms with Crippen molar-refractivity contribution in [2.75, 3.05) is 19.6 Å². The van der Waals surface area contributed by atoms with E-state index in [0.29, 0.717) is 6.42 Å². The van der Waals surface area contributed by atoms with Gasteiger partial charge < -0.3 is 16.0 Å². The van der Waals surface area contributed by atoms with Crippen LogP contribution in [0.5, 0.6) is 0 Å². The van der Waals surface area contributed by atoms with Crippen LogP contribution in [0.15, 0.2) is 30.3 Å². The van der Waals surface area contributed by atoms with E-state index in [2.05, 4.69) is 17.1 Å². The molecular weight excluding hydrogens is 250 g/mol. The number of amides is 1. The second-order valence-corrected chi connectivity index (χ2v) is 5.52. The second kappa shape index (κ2) is 7.41. The Kier molecular flexibility index (Phi) is 5.56. The average molecular weight is 275 g/mol. The van der Waals surface area contributed by atoms with Crippen LogP contribution in [0, 0.1) is 0 Å². The number of benzene rings is 1. The van der Waals surface area contributed by atoms with Crippen molar-refractivity contribution in [2.45, 2.75) is 38.3 Å². The first kappa shape index (κ1) is 15.0. The number of carbonyl (C=O) groups excluding carboxylic acids is 1. The van der Waals surface area contributed by atoms with Gasteiger partial charge in [0.25, 0.3) is 0 Å². The van der Waals surface area contributed by atoms with E-state index in [1.54, 1.807) is 0 Å². The van der Waals surface area contributed by atoms with Gasteiger partial charge in [-0.25, -0.2) is 0 Å². The lowest BCUT2D eigenvalue weighted by molar-refractivity contribution is -0.122. The van der Waals surface area contributed by atoms with Crippen molar-refractivity contribution in [3.63, 3.8) is 0 Å². The van der Waals surface area contributed by atoms with E-state index in [4.69, 9.17) is 5.73 Å². The fourth-order valence-electron chi connectivity index (χ4n) is 2.76. The molecule has 0 saturated carbocycles. The predicted octanol–water partition coefficient (Wildman–Crippen LogP) is 1.68. The average Bonchev–Trinajstić information content (AvgIpc) is 2.48. The minimum atomic E-state index is -0.220. The molecular formula is C16H25N3O. The lowest BCUT2D eigenvalue weighted by Crippen LogP contribution is -2.47. The van der Waals surface area contributed by atoms with Crippen molar-refractivity contribution in [1.29, 1.82) is 0 Å². The van der Waals surface area contributed by atoms with Crippen molar-refractivity contribution in [1.82, 2.24) is 10.2 Å². The first-order chi connectivity index (χ1) is 9.69. The Balaban J connectivity index is 1.80. The smallest absolute Gasteiger partial charge is 0.222 e. The summed E-state index contributed by atoms with van der Waals surface area (Å²) in [6.07, 6.45) is 2.58. The SMILES string of the molecule is CCN1CCCC(NC(=O)CC(N)c2ccccc2)C1. The Morgan fingerprint density at radius 1 is 1.45 bits per heavy atom. The van der Waals surface area contributed by atoms with Crippen molar-refractivity contribution in [3.8, 4) is 0 Å². The third-order valence-electron chi connectivity index (χ3n) is 3.95. The largest absolute Gasteiger partial charge is 0.352 e. The van der Waals surface area contributed by atoms with Gasteiger partial charge in [-0.2, -0.15) is 0 Å². The third-order valence-corrected chi connectivity index (χ3v) is 3.95. The summed E-state index contributed by atoms with van der Waals surface area (Å²) in [5.74, 6) is 0.0595. The minimum Gasteiger partial charge on any atom is -0.352 e. The summed E-state index contributed by atoms with van der Waals surface area (Å²) in [5, 5.41) is 3.12. The fourth-order valence-corrected chi connectivity index (χ4v) is 2.76. The normalized spacial score (nSPS) is 21.4. The van der Waals surface area contributed by atoms with Gasteiger partial charge in [-0.15, -0.1) is 0 Å². The molecule has 1 aromatic carbocycles. The molecule has 1 aromatic rings. The summed E-state index contributed by atoms with van der Waals surface area (Å²) in [4.78, 5) is 14.5. The van der Waals surface area contributed by atoms with Gasteiger partial charge in [-0.3, -0.25) is 4.79 Å². The molecule has 1 heterocycles. The summed E-state index contributed by atoms with van der Waals surface area (Å²) in [7, 11) is 0. The van der Waals surface area contributed by atoms with Crippen LogP contribution in [0.3, 0.4) is 0 Å². The lowest BCUT2D eigenvalue weighted by atomic mass is 10.0. The molecule has 4 heteroatoms. The van der Waals surface area contributed by atoms with E-state index >= 15 is 0 Å². The summed E-state index contributed by atoms with van der Waals surface area (Å²) in [6, 6.07) is 9.86. The van der Waals surface area contributed by atoms with E-state index in [1.807, 2.05) is 30.3 Å². The maximum Gasteiger partial charge on any atom is 0.222 e. The molecule has 0 radical (unpaired) electrons. The molecule has 2 unspecified atom stereocenters. The summed E-state index contributed by atoms with van der Waals surface area (Å²) < 4.78 is 0. The summed E-state index contributed by atoms with van der Waals surface area (Å²) in [5.41, 5.74) is 7.10. The Morgan fingerprint density at radius 3 is 2.90 bits per heavy atom. The number of carbonyl (C=O) groups is 1. The van der Waals surface area contributed by atoms with Crippen LogP contribution < -0.4 is 11.1 Å². The molecule has 20 heavy (non-hydrogen) atoms. The molecule has 3 N–H and O–H groups in total. The number of piperidine rings is 1. The van der Waals surface area contributed by atoms with Gasteiger partial charge in [0.05, 0.1) is 0 Å². The molecule has 2 rings (SSSR count). The summed E-state index contributed by atoms with van der Waals surface area (Å²) >= 11 is 0. The summed E-state index contributed by atoms with van der Waals surface area (Å²) in [6.45, 7) is 5.32. The van der Waals surface area contributed by atoms with Gasteiger partial charge in [0, 0.05) is 25.0 Å². The van der Waals surface area contributed by atoms with Crippen LogP contribution in [0.4, 0.5) is 0 Å². The second-order valence-electron chi connectivity index (χ2n) is 5.52. The number of nitrogens with zero attached hydrogens (tertiary/aromatic N) is 1. The van der Waals surface area contributed by atoms with Crippen molar-refractivity contribution in [3.05, 3.63) is 35.9 Å². The Morgan fingerprint density at radius 2 is 2.20 bits per heavy atom. The van der Waals surface area contributed by atoms with E-state index in [9.17, 15) is 4.79 Å². The van der Waals surface area contributed by atoms with Gasteiger partial charge >= 0.3 is 0 Å². The Labute approximate surface area is 121 Å².